The normalized spacial score (nSPS) is 14.8. The number of amides is 2. The van der Waals surface area contributed by atoms with Crippen molar-refractivity contribution in [2.75, 3.05) is 5.32 Å². The molecule has 3 aromatic rings. The molecular formula is C21H19F3N4O2. The van der Waals surface area contributed by atoms with Crippen molar-refractivity contribution in [3.63, 3.8) is 0 Å². The van der Waals surface area contributed by atoms with Gasteiger partial charge in [-0.1, -0.05) is 18.9 Å². The summed E-state index contributed by atoms with van der Waals surface area (Å²) in [7, 11) is 0. The number of aromatic nitrogens is 2. The number of carbonyl (C=O) groups excluding carboxylic acids is 2. The maximum absolute atomic E-state index is 12.9. The van der Waals surface area contributed by atoms with Gasteiger partial charge < -0.3 is 10.6 Å². The molecular weight excluding hydrogens is 397 g/mol. The Morgan fingerprint density at radius 3 is 2.37 bits per heavy atom. The van der Waals surface area contributed by atoms with Crippen molar-refractivity contribution in [2.45, 2.75) is 37.9 Å². The van der Waals surface area contributed by atoms with Crippen molar-refractivity contribution in [2.24, 2.45) is 0 Å². The zero-order valence-electron chi connectivity index (χ0n) is 15.9. The monoisotopic (exact) mass is 416 g/mol. The van der Waals surface area contributed by atoms with Crippen LogP contribution in [0, 0.1) is 0 Å². The molecule has 0 radical (unpaired) electrons. The van der Waals surface area contributed by atoms with Crippen LogP contribution in [0.5, 0.6) is 0 Å². The quantitative estimate of drug-likeness (QED) is 0.667. The summed E-state index contributed by atoms with van der Waals surface area (Å²) in [6.07, 6.45) is 1.08. The van der Waals surface area contributed by atoms with Crippen molar-refractivity contribution >= 4 is 23.3 Å². The number of halogens is 3. The van der Waals surface area contributed by atoms with Crippen LogP contribution in [0.3, 0.4) is 0 Å². The van der Waals surface area contributed by atoms with E-state index >= 15 is 0 Å². The summed E-state index contributed by atoms with van der Waals surface area (Å²) in [5.74, 6) is -0.952. The lowest BCUT2D eigenvalue weighted by atomic mass is 10.1. The predicted octanol–water partition coefficient (Wildman–Crippen LogP) is 4.28. The molecule has 6 nitrogen and oxygen atoms in total. The van der Waals surface area contributed by atoms with Crippen LogP contribution in [0.15, 0.2) is 48.7 Å². The standard InChI is InChI=1S/C21H19F3N4O2/c22-21(23,24)14-10-8-13(9-11-14)19(29)27-18-17(20(30)25-15-5-1-2-6-15)28-12-4-3-7-16(28)26-18/h3-4,7-12,15H,1-2,5-6H2,(H,25,30)(H,27,29). The van der Waals surface area contributed by atoms with Gasteiger partial charge in [0.1, 0.15) is 5.65 Å². The summed E-state index contributed by atoms with van der Waals surface area (Å²) in [4.78, 5) is 29.8. The molecule has 156 valence electrons. The molecule has 0 saturated heterocycles. The lowest BCUT2D eigenvalue weighted by molar-refractivity contribution is -0.137. The summed E-state index contributed by atoms with van der Waals surface area (Å²) >= 11 is 0. The molecule has 2 aromatic heterocycles. The second kappa shape index (κ2) is 7.81. The van der Waals surface area contributed by atoms with E-state index in [9.17, 15) is 22.8 Å². The number of pyridine rings is 1. The van der Waals surface area contributed by atoms with Crippen LogP contribution in [0.2, 0.25) is 0 Å². The highest BCUT2D eigenvalue weighted by Crippen LogP contribution is 2.29. The molecule has 2 amide bonds. The molecule has 0 atom stereocenters. The summed E-state index contributed by atoms with van der Waals surface area (Å²) in [5.41, 5.74) is -0.167. The van der Waals surface area contributed by atoms with Gasteiger partial charge in [0.15, 0.2) is 11.5 Å². The zero-order valence-corrected chi connectivity index (χ0v) is 15.9. The predicted molar refractivity (Wildman–Crippen MR) is 104 cm³/mol. The number of rotatable bonds is 4. The maximum atomic E-state index is 12.9. The lowest BCUT2D eigenvalue weighted by Crippen LogP contribution is -2.34. The number of hydrogen-bond acceptors (Lipinski definition) is 3. The fourth-order valence-electron chi connectivity index (χ4n) is 3.61. The Labute approximate surface area is 170 Å². The van der Waals surface area contributed by atoms with Crippen LogP contribution in [-0.2, 0) is 6.18 Å². The van der Waals surface area contributed by atoms with Crippen LogP contribution < -0.4 is 10.6 Å². The van der Waals surface area contributed by atoms with Crippen LogP contribution in [0.4, 0.5) is 19.0 Å². The Morgan fingerprint density at radius 2 is 1.70 bits per heavy atom. The van der Waals surface area contributed by atoms with Gasteiger partial charge in [0, 0.05) is 17.8 Å². The zero-order chi connectivity index (χ0) is 21.3. The van der Waals surface area contributed by atoms with Crippen molar-refractivity contribution in [3.8, 4) is 0 Å². The highest BCUT2D eigenvalue weighted by atomic mass is 19.4. The first-order chi connectivity index (χ1) is 14.3. The Bertz CT molecular complexity index is 1080. The number of carbonyl (C=O) groups is 2. The first-order valence-electron chi connectivity index (χ1n) is 9.59. The maximum Gasteiger partial charge on any atom is 0.416 e. The first-order valence-corrected chi connectivity index (χ1v) is 9.59. The van der Waals surface area contributed by atoms with Gasteiger partial charge in [-0.3, -0.25) is 14.0 Å². The van der Waals surface area contributed by atoms with Crippen LogP contribution in [-0.4, -0.2) is 27.2 Å². The number of benzene rings is 1. The van der Waals surface area contributed by atoms with Crippen LogP contribution in [0.25, 0.3) is 5.65 Å². The molecule has 30 heavy (non-hydrogen) atoms. The molecule has 1 fully saturated rings. The fraction of sp³-hybridized carbons (Fsp3) is 0.286. The average molecular weight is 416 g/mol. The van der Waals surface area contributed by atoms with Crippen molar-refractivity contribution in [1.82, 2.24) is 14.7 Å². The van der Waals surface area contributed by atoms with E-state index in [1.165, 1.54) is 0 Å². The Morgan fingerprint density at radius 1 is 1.00 bits per heavy atom. The molecule has 2 heterocycles. The van der Waals surface area contributed by atoms with E-state index in [-0.39, 0.29) is 29.0 Å². The minimum absolute atomic E-state index is 0.0298. The lowest BCUT2D eigenvalue weighted by Gasteiger charge is -2.13. The third-order valence-electron chi connectivity index (χ3n) is 5.14. The van der Waals surface area contributed by atoms with E-state index in [0.29, 0.717) is 5.65 Å². The van der Waals surface area contributed by atoms with Crippen molar-refractivity contribution in [3.05, 3.63) is 65.5 Å². The third-order valence-corrected chi connectivity index (χ3v) is 5.14. The highest BCUT2D eigenvalue weighted by Gasteiger charge is 2.30. The molecule has 9 heteroatoms. The molecule has 2 N–H and O–H groups in total. The number of hydrogen-bond donors (Lipinski definition) is 2. The van der Waals surface area contributed by atoms with E-state index in [1.54, 1.807) is 28.8 Å². The molecule has 1 aromatic carbocycles. The largest absolute Gasteiger partial charge is 0.416 e. The van der Waals surface area contributed by atoms with Gasteiger partial charge in [-0.25, -0.2) is 4.98 Å². The number of anilines is 1. The summed E-state index contributed by atoms with van der Waals surface area (Å²) < 4.78 is 39.8. The van der Waals surface area contributed by atoms with Gasteiger partial charge in [-0.2, -0.15) is 13.2 Å². The molecule has 0 bridgehead atoms. The molecule has 1 aliphatic carbocycles. The summed E-state index contributed by atoms with van der Waals surface area (Å²) in [5, 5.41) is 5.54. The molecule has 0 spiro atoms. The minimum atomic E-state index is -4.48. The van der Waals surface area contributed by atoms with Gasteiger partial charge in [0.05, 0.1) is 5.56 Å². The van der Waals surface area contributed by atoms with E-state index in [1.807, 2.05) is 0 Å². The third kappa shape index (κ3) is 4.00. The number of fused-ring (bicyclic) bond motifs is 1. The summed E-state index contributed by atoms with van der Waals surface area (Å²) in [6.45, 7) is 0. The molecule has 4 rings (SSSR count). The number of nitrogens with zero attached hydrogens (tertiary/aromatic N) is 2. The van der Waals surface area contributed by atoms with E-state index < -0.39 is 17.6 Å². The van der Waals surface area contributed by atoms with Gasteiger partial charge in [0.25, 0.3) is 11.8 Å². The van der Waals surface area contributed by atoms with Crippen molar-refractivity contribution < 1.29 is 22.8 Å². The van der Waals surface area contributed by atoms with Gasteiger partial charge in [-0.05, 0) is 49.2 Å². The molecule has 1 saturated carbocycles. The Hall–Kier alpha value is -3.36. The van der Waals surface area contributed by atoms with Gasteiger partial charge in [0.2, 0.25) is 0 Å². The fourth-order valence-corrected chi connectivity index (χ4v) is 3.61. The summed E-state index contributed by atoms with van der Waals surface area (Å²) in [6, 6.07) is 9.12. The van der Waals surface area contributed by atoms with Crippen LogP contribution in [0.1, 0.15) is 52.1 Å². The average Bonchev–Trinajstić information content (AvgIpc) is 3.34. The van der Waals surface area contributed by atoms with E-state index in [4.69, 9.17) is 0 Å². The topological polar surface area (TPSA) is 75.5 Å². The minimum Gasteiger partial charge on any atom is -0.348 e. The van der Waals surface area contributed by atoms with Gasteiger partial charge >= 0.3 is 6.18 Å². The molecule has 1 aliphatic rings. The number of nitrogens with one attached hydrogen (secondary N) is 2. The van der Waals surface area contributed by atoms with Crippen LogP contribution >= 0.6 is 0 Å². The van der Waals surface area contributed by atoms with E-state index in [0.717, 1.165) is 49.9 Å². The SMILES string of the molecule is O=C(Nc1nc2ccccn2c1C(=O)NC1CCCC1)c1ccc(C(F)(F)F)cc1. The highest BCUT2D eigenvalue weighted by molar-refractivity contribution is 6.08. The smallest absolute Gasteiger partial charge is 0.348 e. The molecule has 0 aliphatic heterocycles. The second-order valence-corrected chi connectivity index (χ2v) is 7.22. The number of alkyl halides is 3. The molecule has 0 unspecified atom stereocenters. The van der Waals surface area contributed by atoms with Gasteiger partial charge in [-0.15, -0.1) is 0 Å². The van der Waals surface area contributed by atoms with Crippen molar-refractivity contribution in [1.29, 1.82) is 0 Å². The Balaban J connectivity index is 1.61. The van der Waals surface area contributed by atoms with E-state index in [2.05, 4.69) is 15.6 Å². The first kappa shape index (κ1) is 19.9. The number of imidazole rings is 1. The Kier molecular flexibility index (Phi) is 5.19. The second-order valence-electron chi connectivity index (χ2n) is 7.22.